The number of benzene rings is 1. The molecule has 1 aromatic carbocycles. The second-order valence-corrected chi connectivity index (χ2v) is 4.05. The Morgan fingerprint density at radius 1 is 1.24 bits per heavy atom. The van der Waals surface area contributed by atoms with E-state index in [9.17, 15) is 9.59 Å². The largest absolute Gasteiger partial charge is 0.345 e. The molecule has 0 aliphatic carbocycles. The van der Waals surface area contributed by atoms with E-state index in [1.54, 1.807) is 6.07 Å². The Balaban J connectivity index is 2.61. The van der Waals surface area contributed by atoms with Gasteiger partial charge in [0, 0.05) is 11.7 Å². The van der Waals surface area contributed by atoms with E-state index in [1.807, 2.05) is 39.0 Å². The van der Waals surface area contributed by atoms with Gasteiger partial charge in [-0.1, -0.05) is 25.1 Å². The Labute approximate surface area is 101 Å². The van der Waals surface area contributed by atoms with Crippen LogP contribution in [-0.2, 0) is 9.59 Å². The van der Waals surface area contributed by atoms with Gasteiger partial charge in [0.05, 0.1) is 0 Å². The molecular formula is C13H18N2O2. The van der Waals surface area contributed by atoms with Crippen LogP contribution in [0.4, 0.5) is 5.69 Å². The van der Waals surface area contributed by atoms with Crippen LogP contribution in [0.5, 0.6) is 0 Å². The van der Waals surface area contributed by atoms with E-state index < -0.39 is 11.8 Å². The van der Waals surface area contributed by atoms with Crippen molar-refractivity contribution in [1.82, 2.24) is 5.32 Å². The van der Waals surface area contributed by atoms with Crippen molar-refractivity contribution < 1.29 is 9.59 Å². The van der Waals surface area contributed by atoms with Gasteiger partial charge in [-0.05, 0) is 31.9 Å². The minimum absolute atomic E-state index is 0.00474. The molecule has 0 aliphatic rings. The van der Waals surface area contributed by atoms with Gasteiger partial charge in [-0.3, -0.25) is 9.59 Å². The van der Waals surface area contributed by atoms with Crippen LogP contribution in [0.2, 0.25) is 0 Å². The third-order valence-corrected chi connectivity index (χ3v) is 2.59. The summed E-state index contributed by atoms with van der Waals surface area (Å²) in [5, 5.41) is 5.21. The lowest BCUT2D eigenvalue weighted by atomic mass is 10.2. The summed E-state index contributed by atoms with van der Waals surface area (Å²) < 4.78 is 0. The molecule has 2 amide bonds. The van der Waals surface area contributed by atoms with Crippen molar-refractivity contribution in [2.75, 3.05) is 5.32 Å². The van der Waals surface area contributed by atoms with Gasteiger partial charge in [-0.15, -0.1) is 0 Å². The zero-order valence-electron chi connectivity index (χ0n) is 10.4. The summed E-state index contributed by atoms with van der Waals surface area (Å²) in [5.41, 5.74) is 1.59. The standard InChI is InChI=1S/C13H18N2O2/c1-4-10(3)14-12(16)13(17)15-11-8-6-5-7-9(11)2/h5-8,10H,4H2,1-3H3,(H,14,16)(H,15,17). The first kappa shape index (κ1) is 13.2. The van der Waals surface area contributed by atoms with Crippen LogP contribution >= 0.6 is 0 Å². The molecule has 0 bridgehead atoms. The normalized spacial score (nSPS) is 11.7. The first-order chi connectivity index (χ1) is 8.04. The van der Waals surface area contributed by atoms with Gasteiger partial charge in [0.2, 0.25) is 0 Å². The average molecular weight is 234 g/mol. The lowest BCUT2D eigenvalue weighted by Gasteiger charge is -2.12. The van der Waals surface area contributed by atoms with Crippen molar-refractivity contribution >= 4 is 17.5 Å². The molecule has 17 heavy (non-hydrogen) atoms. The van der Waals surface area contributed by atoms with Crippen LogP contribution in [0.25, 0.3) is 0 Å². The number of rotatable bonds is 3. The summed E-state index contributed by atoms with van der Waals surface area (Å²) in [4.78, 5) is 23.1. The zero-order chi connectivity index (χ0) is 12.8. The predicted molar refractivity (Wildman–Crippen MR) is 67.7 cm³/mol. The van der Waals surface area contributed by atoms with Crippen LogP contribution < -0.4 is 10.6 Å². The summed E-state index contributed by atoms with van der Waals surface area (Å²) in [7, 11) is 0. The van der Waals surface area contributed by atoms with Gasteiger partial charge < -0.3 is 10.6 Å². The zero-order valence-corrected chi connectivity index (χ0v) is 10.4. The maximum Gasteiger partial charge on any atom is 0.313 e. The molecule has 0 radical (unpaired) electrons. The molecule has 0 spiro atoms. The van der Waals surface area contributed by atoms with Crippen LogP contribution in [0.15, 0.2) is 24.3 Å². The molecule has 1 unspecified atom stereocenters. The smallest absolute Gasteiger partial charge is 0.313 e. The lowest BCUT2D eigenvalue weighted by Crippen LogP contribution is -2.40. The molecule has 4 heteroatoms. The monoisotopic (exact) mass is 234 g/mol. The molecule has 2 N–H and O–H groups in total. The maximum absolute atomic E-state index is 11.6. The van der Waals surface area contributed by atoms with E-state index in [0.29, 0.717) is 5.69 Å². The van der Waals surface area contributed by atoms with E-state index in [0.717, 1.165) is 12.0 Å². The molecular weight excluding hydrogens is 216 g/mol. The molecule has 0 aromatic heterocycles. The number of hydrogen-bond acceptors (Lipinski definition) is 2. The number of carbonyl (C=O) groups excluding carboxylic acids is 2. The van der Waals surface area contributed by atoms with Crippen LogP contribution in [-0.4, -0.2) is 17.9 Å². The maximum atomic E-state index is 11.6. The van der Waals surface area contributed by atoms with Gasteiger partial charge in [-0.25, -0.2) is 0 Å². The summed E-state index contributed by atoms with van der Waals surface area (Å²) in [5.74, 6) is -1.22. The van der Waals surface area contributed by atoms with Crippen molar-refractivity contribution in [3.8, 4) is 0 Å². The fourth-order valence-electron chi connectivity index (χ4n) is 1.28. The van der Waals surface area contributed by atoms with Crippen LogP contribution in [0.3, 0.4) is 0 Å². The van der Waals surface area contributed by atoms with E-state index in [1.165, 1.54) is 0 Å². The van der Waals surface area contributed by atoms with E-state index >= 15 is 0 Å². The molecule has 0 fully saturated rings. The minimum atomic E-state index is -0.625. The van der Waals surface area contributed by atoms with Gasteiger partial charge >= 0.3 is 11.8 Å². The molecule has 0 saturated carbocycles. The van der Waals surface area contributed by atoms with Crippen molar-refractivity contribution in [3.63, 3.8) is 0 Å². The first-order valence-electron chi connectivity index (χ1n) is 5.72. The van der Waals surface area contributed by atoms with Crippen molar-refractivity contribution in [1.29, 1.82) is 0 Å². The first-order valence-corrected chi connectivity index (χ1v) is 5.72. The van der Waals surface area contributed by atoms with Gasteiger partial charge in [0.1, 0.15) is 0 Å². The summed E-state index contributed by atoms with van der Waals surface area (Å²) >= 11 is 0. The molecule has 0 saturated heterocycles. The molecule has 1 rings (SSSR count). The summed E-state index contributed by atoms with van der Waals surface area (Å²) in [6, 6.07) is 7.34. The Hall–Kier alpha value is -1.84. The number of hydrogen-bond donors (Lipinski definition) is 2. The summed E-state index contributed by atoms with van der Waals surface area (Å²) in [6.07, 6.45) is 0.795. The Kier molecular flexibility index (Phi) is 4.69. The van der Waals surface area contributed by atoms with Crippen molar-refractivity contribution in [2.45, 2.75) is 33.2 Å². The van der Waals surface area contributed by atoms with Gasteiger partial charge in [-0.2, -0.15) is 0 Å². The number of aryl methyl sites for hydroxylation is 1. The Morgan fingerprint density at radius 2 is 1.88 bits per heavy atom. The Morgan fingerprint density at radius 3 is 2.47 bits per heavy atom. The highest BCUT2D eigenvalue weighted by atomic mass is 16.2. The van der Waals surface area contributed by atoms with Crippen molar-refractivity contribution in [3.05, 3.63) is 29.8 Å². The van der Waals surface area contributed by atoms with Gasteiger partial charge in [0.15, 0.2) is 0 Å². The Bertz CT molecular complexity index is 416. The van der Waals surface area contributed by atoms with Crippen LogP contribution in [0.1, 0.15) is 25.8 Å². The lowest BCUT2D eigenvalue weighted by molar-refractivity contribution is -0.136. The number of carbonyl (C=O) groups is 2. The van der Waals surface area contributed by atoms with E-state index in [2.05, 4.69) is 10.6 Å². The number of nitrogens with one attached hydrogen (secondary N) is 2. The summed E-state index contributed by atoms with van der Waals surface area (Å²) in [6.45, 7) is 5.69. The molecule has 0 aliphatic heterocycles. The second-order valence-electron chi connectivity index (χ2n) is 4.05. The molecule has 1 aromatic rings. The van der Waals surface area contributed by atoms with Gasteiger partial charge in [0.25, 0.3) is 0 Å². The molecule has 1 atom stereocenters. The number of anilines is 1. The third-order valence-electron chi connectivity index (χ3n) is 2.59. The quantitative estimate of drug-likeness (QED) is 0.784. The highest BCUT2D eigenvalue weighted by Crippen LogP contribution is 2.12. The van der Waals surface area contributed by atoms with E-state index in [-0.39, 0.29) is 6.04 Å². The molecule has 4 nitrogen and oxygen atoms in total. The highest BCUT2D eigenvalue weighted by molar-refractivity contribution is 6.39. The predicted octanol–water partition coefficient (Wildman–Crippen LogP) is 1.85. The second kappa shape index (κ2) is 6.03. The number of para-hydroxylation sites is 1. The topological polar surface area (TPSA) is 58.2 Å². The third kappa shape index (κ3) is 3.90. The molecule has 92 valence electrons. The van der Waals surface area contributed by atoms with E-state index in [4.69, 9.17) is 0 Å². The van der Waals surface area contributed by atoms with Crippen LogP contribution in [0, 0.1) is 6.92 Å². The average Bonchev–Trinajstić information content (AvgIpc) is 2.31. The fraction of sp³-hybridized carbons (Fsp3) is 0.385. The SMILES string of the molecule is CCC(C)NC(=O)C(=O)Nc1ccccc1C. The minimum Gasteiger partial charge on any atom is -0.345 e. The fourth-order valence-corrected chi connectivity index (χ4v) is 1.28. The molecule has 0 heterocycles. The number of amides is 2. The van der Waals surface area contributed by atoms with Crippen molar-refractivity contribution in [2.24, 2.45) is 0 Å². The highest BCUT2D eigenvalue weighted by Gasteiger charge is 2.15.